The summed E-state index contributed by atoms with van der Waals surface area (Å²) in [5, 5.41) is 0. The van der Waals surface area contributed by atoms with Crippen LogP contribution in [0.3, 0.4) is 0 Å². The number of hydrogen-bond acceptors (Lipinski definition) is 4. The van der Waals surface area contributed by atoms with Crippen LogP contribution in [0.2, 0.25) is 0 Å². The lowest BCUT2D eigenvalue weighted by molar-refractivity contribution is 0.171. The van der Waals surface area contributed by atoms with Gasteiger partial charge < -0.3 is 9.47 Å². The first-order chi connectivity index (χ1) is 7.31. The molecule has 5 heteroatoms. The molecule has 1 aromatic rings. The Morgan fingerprint density at radius 1 is 1.33 bits per heavy atom. The number of nitrogens with zero attached hydrogens (tertiary/aromatic N) is 1. The van der Waals surface area contributed by atoms with E-state index >= 15 is 0 Å². The number of hydrogen-bond donors (Lipinski definition) is 0. The summed E-state index contributed by atoms with van der Waals surface area (Å²) in [4.78, 5) is 12.9. The average molecular weight is 209 g/mol. The molecular formula is C10H8FNO3. The average Bonchev–Trinajstić information content (AvgIpc) is 2.29. The molecule has 1 unspecified atom stereocenters. The minimum Gasteiger partial charge on any atom is -0.486 e. The highest BCUT2D eigenvalue weighted by molar-refractivity contribution is 5.45. The molecule has 78 valence electrons. The molecule has 0 amide bonds. The number of carbonyl (C=O) groups excluding carboxylic acids is 1. The van der Waals surface area contributed by atoms with Crippen LogP contribution in [-0.4, -0.2) is 19.3 Å². The predicted molar refractivity (Wildman–Crippen MR) is 49.4 cm³/mol. The van der Waals surface area contributed by atoms with E-state index in [1.54, 1.807) is 6.07 Å². The summed E-state index contributed by atoms with van der Waals surface area (Å²) in [5.74, 6) is 1.05. The van der Waals surface area contributed by atoms with Crippen LogP contribution in [0.1, 0.15) is 11.9 Å². The Labute approximate surface area is 85.3 Å². The molecule has 0 bridgehead atoms. The third-order valence-electron chi connectivity index (χ3n) is 2.01. The Kier molecular flexibility index (Phi) is 2.65. The summed E-state index contributed by atoms with van der Waals surface area (Å²) in [7, 11) is 0. The van der Waals surface area contributed by atoms with Gasteiger partial charge in [0.25, 0.3) is 0 Å². The topological polar surface area (TPSA) is 47.9 Å². The molecule has 2 rings (SSSR count). The number of rotatable bonds is 2. The Morgan fingerprint density at radius 2 is 2.07 bits per heavy atom. The maximum atomic E-state index is 13.2. The lowest BCUT2D eigenvalue weighted by Crippen LogP contribution is -2.15. The van der Waals surface area contributed by atoms with Crippen molar-refractivity contribution in [1.82, 2.24) is 0 Å². The summed E-state index contributed by atoms with van der Waals surface area (Å²) in [6, 6.07) is 4.57. The number of halogens is 1. The molecule has 1 aliphatic rings. The van der Waals surface area contributed by atoms with Gasteiger partial charge in [-0.2, -0.15) is 4.99 Å². The van der Waals surface area contributed by atoms with Crippen LogP contribution in [0.25, 0.3) is 0 Å². The van der Waals surface area contributed by atoms with Crippen LogP contribution in [0, 0.1) is 0 Å². The van der Waals surface area contributed by atoms with Crippen molar-refractivity contribution in [3.63, 3.8) is 0 Å². The Morgan fingerprint density at radius 3 is 2.80 bits per heavy atom. The van der Waals surface area contributed by atoms with Crippen LogP contribution in [-0.2, 0) is 4.79 Å². The zero-order valence-electron chi connectivity index (χ0n) is 7.77. The van der Waals surface area contributed by atoms with Crippen molar-refractivity contribution in [3.05, 3.63) is 23.8 Å². The van der Waals surface area contributed by atoms with Crippen molar-refractivity contribution in [2.24, 2.45) is 4.99 Å². The van der Waals surface area contributed by atoms with E-state index in [9.17, 15) is 9.18 Å². The van der Waals surface area contributed by atoms with Crippen molar-refractivity contribution in [3.8, 4) is 11.5 Å². The number of isocyanates is 1. The summed E-state index contributed by atoms with van der Waals surface area (Å²) >= 11 is 0. The number of benzene rings is 1. The quantitative estimate of drug-likeness (QED) is 0.423. The molecule has 0 aromatic heterocycles. The molecule has 0 saturated carbocycles. The van der Waals surface area contributed by atoms with Crippen molar-refractivity contribution in [2.75, 3.05) is 13.2 Å². The molecule has 15 heavy (non-hydrogen) atoms. The zero-order valence-corrected chi connectivity index (χ0v) is 7.77. The van der Waals surface area contributed by atoms with Gasteiger partial charge in [0.05, 0.1) is 0 Å². The highest BCUT2D eigenvalue weighted by atomic mass is 19.1. The molecule has 1 aromatic carbocycles. The van der Waals surface area contributed by atoms with Crippen LogP contribution in [0.15, 0.2) is 23.2 Å². The van der Waals surface area contributed by atoms with Crippen molar-refractivity contribution < 1.29 is 18.7 Å². The maximum absolute atomic E-state index is 13.2. The van der Waals surface area contributed by atoms with E-state index in [0.717, 1.165) is 0 Å². The van der Waals surface area contributed by atoms with E-state index in [4.69, 9.17) is 9.47 Å². The predicted octanol–water partition coefficient (Wildman–Crippen LogP) is 1.76. The Hall–Kier alpha value is -1.87. The van der Waals surface area contributed by atoms with Crippen molar-refractivity contribution >= 4 is 6.08 Å². The Bertz CT molecular complexity index is 415. The largest absolute Gasteiger partial charge is 0.486 e. The van der Waals surface area contributed by atoms with Gasteiger partial charge in [-0.1, -0.05) is 6.07 Å². The molecule has 1 atom stereocenters. The molecule has 0 aliphatic carbocycles. The third kappa shape index (κ3) is 1.97. The summed E-state index contributed by atoms with van der Waals surface area (Å²) < 4.78 is 23.7. The smallest absolute Gasteiger partial charge is 0.238 e. The molecule has 0 fully saturated rings. The van der Waals surface area contributed by atoms with E-state index in [-0.39, 0.29) is 5.56 Å². The lowest BCUT2D eigenvalue weighted by Gasteiger charge is -2.18. The molecule has 0 N–H and O–H groups in total. The van der Waals surface area contributed by atoms with Gasteiger partial charge in [-0.05, 0) is 12.1 Å². The SMILES string of the molecule is O=C=NC(F)c1ccc2c(c1)OCCO2. The second-order valence-electron chi connectivity index (χ2n) is 2.96. The number of fused-ring (bicyclic) bond motifs is 1. The monoisotopic (exact) mass is 209 g/mol. The van der Waals surface area contributed by atoms with Crippen LogP contribution < -0.4 is 9.47 Å². The van der Waals surface area contributed by atoms with Crippen LogP contribution in [0.4, 0.5) is 4.39 Å². The van der Waals surface area contributed by atoms with E-state index in [1.165, 1.54) is 18.2 Å². The lowest BCUT2D eigenvalue weighted by atomic mass is 10.2. The fourth-order valence-electron chi connectivity index (χ4n) is 1.33. The molecule has 0 spiro atoms. The number of aliphatic imine (C=N–C) groups is 1. The van der Waals surface area contributed by atoms with E-state index in [1.807, 2.05) is 0 Å². The molecule has 1 aliphatic heterocycles. The van der Waals surface area contributed by atoms with Gasteiger partial charge in [0.1, 0.15) is 13.2 Å². The third-order valence-corrected chi connectivity index (χ3v) is 2.01. The summed E-state index contributed by atoms with van der Waals surface area (Å²) in [6.45, 7) is 0.919. The van der Waals surface area contributed by atoms with E-state index in [2.05, 4.69) is 4.99 Å². The van der Waals surface area contributed by atoms with Crippen LogP contribution >= 0.6 is 0 Å². The van der Waals surface area contributed by atoms with Gasteiger partial charge in [0.15, 0.2) is 11.5 Å². The minimum absolute atomic E-state index is 0.252. The second-order valence-corrected chi connectivity index (χ2v) is 2.96. The molecule has 0 saturated heterocycles. The van der Waals surface area contributed by atoms with Gasteiger partial charge in [0, 0.05) is 5.56 Å². The molecule has 0 radical (unpaired) electrons. The summed E-state index contributed by atoms with van der Waals surface area (Å²) in [6.07, 6.45) is -0.522. The van der Waals surface area contributed by atoms with Gasteiger partial charge in [-0.25, -0.2) is 9.18 Å². The fraction of sp³-hybridized carbons (Fsp3) is 0.300. The van der Waals surface area contributed by atoms with Crippen molar-refractivity contribution in [2.45, 2.75) is 6.30 Å². The van der Waals surface area contributed by atoms with E-state index in [0.29, 0.717) is 24.7 Å². The summed E-state index contributed by atoms with van der Waals surface area (Å²) in [5.41, 5.74) is 0.252. The van der Waals surface area contributed by atoms with Crippen LogP contribution in [0.5, 0.6) is 11.5 Å². The highest BCUT2D eigenvalue weighted by Gasteiger charge is 2.15. The molecule has 4 nitrogen and oxygen atoms in total. The fourth-order valence-corrected chi connectivity index (χ4v) is 1.33. The molecule has 1 heterocycles. The second kappa shape index (κ2) is 4.11. The minimum atomic E-state index is -1.70. The van der Waals surface area contributed by atoms with E-state index < -0.39 is 6.30 Å². The highest BCUT2D eigenvalue weighted by Crippen LogP contribution is 2.33. The van der Waals surface area contributed by atoms with Gasteiger partial charge >= 0.3 is 0 Å². The van der Waals surface area contributed by atoms with Gasteiger partial charge in [-0.15, -0.1) is 0 Å². The maximum Gasteiger partial charge on any atom is 0.238 e. The molecular weight excluding hydrogens is 201 g/mol. The van der Waals surface area contributed by atoms with Gasteiger partial charge in [-0.3, -0.25) is 0 Å². The standard InChI is InChI=1S/C10H8FNO3/c11-10(12-6-13)7-1-2-8-9(5-7)15-4-3-14-8/h1-2,5,10H,3-4H2. The van der Waals surface area contributed by atoms with Gasteiger partial charge in [0.2, 0.25) is 12.4 Å². The normalized spacial score (nSPS) is 15.3. The number of alkyl halides is 1. The zero-order chi connectivity index (χ0) is 10.7. The number of ether oxygens (including phenoxy) is 2. The first-order valence-corrected chi connectivity index (χ1v) is 4.42. The van der Waals surface area contributed by atoms with Crippen molar-refractivity contribution in [1.29, 1.82) is 0 Å². The first kappa shape index (κ1) is 9.68. The first-order valence-electron chi connectivity index (χ1n) is 4.42. The Balaban J connectivity index is 2.31.